The van der Waals surface area contributed by atoms with Crippen LogP contribution in [0, 0.1) is 6.92 Å². The largest absolute Gasteiger partial charge is 0.342 e. The summed E-state index contributed by atoms with van der Waals surface area (Å²) in [5, 5.41) is 7.02. The van der Waals surface area contributed by atoms with Gasteiger partial charge >= 0.3 is 0 Å². The molecule has 0 saturated carbocycles. The van der Waals surface area contributed by atoms with Crippen molar-refractivity contribution in [3.63, 3.8) is 0 Å². The van der Waals surface area contributed by atoms with Crippen LogP contribution in [0.2, 0.25) is 0 Å². The Morgan fingerprint density at radius 1 is 1.53 bits per heavy atom. The molecule has 1 N–H and O–H groups in total. The molecule has 0 aromatic carbocycles. The van der Waals surface area contributed by atoms with Gasteiger partial charge in [0.25, 0.3) is 0 Å². The number of aromatic nitrogens is 2. The van der Waals surface area contributed by atoms with Crippen molar-refractivity contribution in [2.45, 2.75) is 39.7 Å². The average molecular weight is 264 g/mol. The Morgan fingerprint density at radius 3 is 2.89 bits per heavy atom. The van der Waals surface area contributed by atoms with Crippen LogP contribution < -0.4 is 5.32 Å². The fourth-order valence-corrected chi connectivity index (χ4v) is 2.28. The first-order valence-corrected chi connectivity index (χ1v) is 6.72. The van der Waals surface area contributed by atoms with E-state index in [1.807, 2.05) is 18.5 Å². The number of rotatable bonds is 5. The molecule has 2 heterocycles. The molecule has 0 spiro atoms. The predicted octanol–water partition coefficient (Wildman–Crippen LogP) is 1.16. The van der Waals surface area contributed by atoms with Crippen LogP contribution in [0.5, 0.6) is 0 Å². The number of aryl methyl sites for hydroxylation is 1. The summed E-state index contributed by atoms with van der Waals surface area (Å²) in [6, 6.07) is 0. The molecule has 1 saturated heterocycles. The van der Waals surface area contributed by atoms with Crippen LogP contribution in [0.3, 0.4) is 0 Å². The summed E-state index contributed by atoms with van der Waals surface area (Å²) in [6.07, 6.45) is 3.52. The van der Waals surface area contributed by atoms with Gasteiger partial charge in [-0.25, -0.2) is 0 Å². The highest BCUT2D eigenvalue weighted by Crippen LogP contribution is 2.14. The van der Waals surface area contributed by atoms with Gasteiger partial charge in [-0.05, 0) is 20.3 Å². The van der Waals surface area contributed by atoms with Gasteiger partial charge in [-0.15, -0.1) is 0 Å². The SMILES string of the molecule is CCn1ncc(NC(=O)CCN2CCCC2=O)c1C. The molecule has 0 aliphatic carbocycles. The first-order valence-electron chi connectivity index (χ1n) is 6.72. The lowest BCUT2D eigenvalue weighted by atomic mass is 10.3. The lowest BCUT2D eigenvalue weighted by Gasteiger charge is -2.14. The normalized spacial score (nSPS) is 15.1. The number of hydrogen-bond acceptors (Lipinski definition) is 3. The third kappa shape index (κ3) is 3.13. The van der Waals surface area contributed by atoms with Crippen molar-refractivity contribution in [1.82, 2.24) is 14.7 Å². The molecule has 0 bridgehead atoms. The van der Waals surface area contributed by atoms with Crippen molar-refractivity contribution in [1.29, 1.82) is 0 Å². The summed E-state index contributed by atoms with van der Waals surface area (Å²) >= 11 is 0. The van der Waals surface area contributed by atoms with E-state index in [-0.39, 0.29) is 11.8 Å². The van der Waals surface area contributed by atoms with Crippen LogP contribution in [0.15, 0.2) is 6.20 Å². The minimum absolute atomic E-state index is 0.0709. The lowest BCUT2D eigenvalue weighted by molar-refractivity contribution is -0.128. The molecule has 1 fully saturated rings. The Kier molecular flexibility index (Phi) is 4.19. The Labute approximate surface area is 112 Å². The first kappa shape index (κ1) is 13.6. The van der Waals surface area contributed by atoms with E-state index in [0.29, 0.717) is 19.4 Å². The van der Waals surface area contributed by atoms with Gasteiger partial charge in [0.05, 0.1) is 17.6 Å². The molecule has 1 aliphatic heterocycles. The van der Waals surface area contributed by atoms with Gasteiger partial charge < -0.3 is 10.2 Å². The summed E-state index contributed by atoms with van der Waals surface area (Å²) in [7, 11) is 0. The molecular weight excluding hydrogens is 244 g/mol. The van der Waals surface area contributed by atoms with Crippen LogP contribution in [0.4, 0.5) is 5.69 Å². The molecule has 1 aromatic heterocycles. The maximum absolute atomic E-state index is 11.8. The van der Waals surface area contributed by atoms with E-state index < -0.39 is 0 Å². The predicted molar refractivity (Wildman–Crippen MR) is 71.7 cm³/mol. The number of carbonyl (C=O) groups excluding carboxylic acids is 2. The van der Waals surface area contributed by atoms with E-state index in [0.717, 1.165) is 30.9 Å². The number of likely N-dealkylation sites (tertiary alicyclic amines) is 1. The highest BCUT2D eigenvalue weighted by Gasteiger charge is 2.20. The molecule has 104 valence electrons. The van der Waals surface area contributed by atoms with Crippen molar-refractivity contribution in [2.75, 3.05) is 18.4 Å². The fraction of sp³-hybridized carbons (Fsp3) is 0.615. The maximum Gasteiger partial charge on any atom is 0.226 e. The minimum Gasteiger partial charge on any atom is -0.342 e. The molecule has 2 amide bonds. The van der Waals surface area contributed by atoms with Crippen molar-refractivity contribution >= 4 is 17.5 Å². The van der Waals surface area contributed by atoms with E-state index in [1.54, 1.807) is 11.1 Å². The van der Waals surface area contributed by atoms with E-state index in [4.69, 9.17) is 0 Å². The molecule has 0 radical (unpaired) electrons. The van der Waals surface area contributed by atoms with Gasteiger partial charge in [0, 0.05) is 32.5 Å². The highest BCUT2D eigenvalue weighted by molar-refractivity contribution is 5.91. The number of hydrogen-bond donors (Lipinski definition) is 1. The molecule has 1 aliphatic rings. The zero-order chi connectivity index (χ0) is 13.8. The highest BCUT2D eigenvalue weighted by atomic mass is 16.2. The van der Waals surface area contributed by atoms with Gasteiger partial charge in [-0.1, -0.05) is 0 Å². The number of amides is 2. The average Bonchev–Trinajstić information content (AvgIpc) is 2.95. The lowest BCUT2D eigenvalue weighted by Crippen LogP contribution is -2.28. The summed E-state index contributed by atoms with van der Waals surface area (Å²) in [5.41, 5.74) is 1.70. The van der Waals surface area contributed by atoms with Gasteiger partial charge in [-0.3, -0.25) is 14.3 Å². The second kappa shape index (κ2) is 5.86. The third-order valence-corrected chi connectivity index (χ3v) is 3.46. The van der Waals surface area contributed by atoms with Crippen LogP contribution in [-0.4, -0.2) is 39.6 Å². The fourth-order valence-electron chi connectivity index (χ4n) is 2.28. The zero-order valence-corrected chi connectivity index (χ0v) is 11.5. The van der Waals surface area contributed by atoms with E-state index in [1.165, 1.54) is 0 Å². The van der Waals surface area contributed by atoms with E-state index in [2.05, 4.69) is 10.4 Å². The van der Waals surface area contributed by atoms with Crippen molar-refractivity contribution < 1.29 is 9.59 Å². The van der Waals surface area contributed by atoms with Gasteiger partial charge in [-0.2, -0.15) is 5.10 Å². The van der Waals surface area contributed by atoms with Crippen molar-refractivity contribution in [3.8, 4) is 0 Å². The molecule has 0 atom stereocenters. The molecule has 0 unspecified atom stereocenters. The summed E-state index contributed by atoms with van der Waals surface area (Å²) < 4.78 is 1.83. The zero-order valence-electron chi connectivity index (χ0n) is 11.5. The Morgan fingerprint density at radius 2 is 2.32 bits per heavy atom. The van der Waals surface area contributed by atoms with Crippen molar-refractivity contribution in [3.05, 3.63) is 11.9 Å². The second-order valence-corrected chi connectivity index (χ2v) is 4.74. The van der Waals surface area contributed by atoms with Gasteiger partial charge in [0.15, 0.2) is 0 Å². The van der Waals surface area contributed by atoms with Crippen LogP contribution in [-0.2, 0) is 16.1 Å². The molecule has 19 heavy (non-hydrogen) atoms. The smallest absolute Gasteiger partial charge is 0.226 e. The topological polar surface area (TPSA) is 67.2 Å². The monoisotopic (exact) mass is 264 g/mol. The van der Waals surface area contributed by atoms with Crippen LogP contribution in [0.25, 0.3) is 0 Å². The summed E-state index contributed by atoms with van der Waals surface area (Å²) in [6.45, 7) is 6.00. The molecule has 6 heteroatoms. The minimum atomic E-state index is -0.0709. The molecule has 1 aromatic rings. The first-order chi connectivity index (χ1) is 9.11. The molecule has 2 rings (SSSR count). The van der Waals surface area contributed by atoms with E-state index >= 15 is 0 Å². The van der Waals surface area contributed by atoms with Gasteiger partial charge in [0.1, 0.15) is 0 Å². The molecular formula is C13H20N4O2. The Balaban J connectivity index is 1.83. The van der Waals surface area contributed by atoms with Crippen molar-refractivity contribution in [2.24, 2.45) is 0 Å². The quantitative estimate of drug-likeness (QED) is 0.868. The summed E-state index contributed by atoms with van der Waals surface area (Å²) in [4.78, 5) is 25.0. The van der Waals surface area contributed by atoms with E-state index in [9.17, 15) is 9.59 Å². The second-order valence-electron chi connectivity index (χ2n) is 4.74. The number of nitrogens with zero attached hydrogens (tertiary/aromatic N) is 3. The number of anilines is 1. The van der Waals surface area contributed by atoms with Gasteiger partial charge in [0.2, 0.25) is 11.8 Å². The Bertz CT molecular complexity index is 481. The number of carbonyl (C=O) groups is 2. The van der Waals surface area contributed by atoms with Crippen LogP contribution in [0.1, 0.15) is 31.9 Å². The Hall–Kier alpha value is -1.85. The van der Waals surface area contributed by atoms with Crippen LogP contribution >= 0.6 is 0 Å². The number of nitrogens with one attached hydrogen (secondary N) is 1. The molecule has 6 nitrogen and oxygen atoms in total. The third-order valence-electron chi connectivity index (χ3n) is 3.46. The maximum atomic E-state index is 11.8. The summed E-state index contributed by atoms with van der Waals surface area (Å²) in [5.74, 6) is 0.0845. The standard InChI is InChI=1S/C13H20N4O2/c1-3-17-10(2)11(9-14-17)15-12(18)6-8-16-7-4-5-13(16)19/h9H,3-8H2,1-2H3,(H,15,18).